The van der Waals surface area contributed by atoms with Crippen molar-refractivity contribution in [1.82, 2.24) is 4.57 Å². The maximum absolute atomic E-state index is 13.1. The first-order valence-electron chi connectivity index (χ1n) is 7.27. The fourth-order valence-electron chi connectivity index (χ4n) is 2.38. The molecule has 7 heteroatoms. The molecule has 1 aromatic heterocycles. The number of rotatable bonds is 4. The van der Waals surface area contributed by atoms with E-state index in [2.05, 4.69) is 5.32 Å². The number of fused-ring (bicyclic) bond motifs is 1. The van der Waals surface area contributed by atoms with E-state index in [-0.39, 0.29) is 17.4 Å². The first-order valence-corrected chi connectivity index (χ1v) is 7.65. The Hall–Kier alpha value is -2.60. The Morgan fingerprint density at radius 3 is 2.83 bits per heavy atom. The number of halogens is 2. The van der Waals surface area contributed by atoms with Crippen LogP contribution >= 0.6 is 11.6 Å². The molecule has 0 aliphatic carbocycles. The summed E-state index contributed by atoms with van der Waals surface area (Å²) in [5, 5.41) is 2.63. The van der Waals surface area contributed by atoms with Gasteiger partial charge in [-0.15, -0.1) is 0 Å². The molecule has 0 aliphatic rings. The molecule has 0 radical (unpaired) electrons. The van der Waals surface area contributed by atoms with E-state index in [0.29, 0.717) is 23.2 Å². The van der Waals surface area contributed by atoms with Gasteiger partial charge in [-0.2, -0.15) is 0 Å². The minimum absolute atomic E-state index is 0.0425. The number of carbonyl (C=O) groups excluding carboxylic acids is 1. The lowest BCUT2D eigenvalue weighted by atomic mass is 10.1. The van der Waals surface area contributed by atoms with E-state index in [4.69, 9.17) is 16.0 Å². The third-order valence-corrected chi connectivity index (χ3v) is 3.99. The second-order valence-corrected chi connectivity index (χ2v) is 5.81. The molecule has 2 aromatic carbocycles. The highest BCUT2D eigenvalue weighted by molar-refractivity contribution is 6.31. The second-order valence-electron chi connectivity index (χ2n) is 5.41. The van der Waals surface area contributed by atoms with Gasteiger partial charge in [-0.1, -0.05) is 17.7 Å². The summed E-state index contributed by atoms with van der Waals surface area (Å²) in [7, 11) is 1.63. The van der Waals surface area contributed by atoms with Crippen LogP contribution in [0.15, 0.2) is 45.6 Å². The Labute approximate surface area is 141 Å². The monoisotopic (exact) mass is 348 g/mol. The standard InChI is InChI=1S/C17H14ClFN2O3/c1-21-14-8-10(2-6-15(14)24-17(21)23)3-7-16(22)20-11-4-5-13(19)12(18)9-11/h2,4-6,8-9H,3,7H2,1H3,(H,20,22). The van der Waals surface area contributed by atoms with E-state index in [1.165, 1.54) is 22.8 Å². The van der Waals surface area contributed by atoms with Gasteiger partial charge >= 0.3 is 5.76 Å². The summed E-state index contributed by atoms with van der Waals surface area (Å²) in [4.78, 5) is 23.5. The first-order chi connectivity index (χ1) is 11.4. The number of benzene rings is 2. The molecular weight excluding hydrogens is 335 g/mol. The van der Waals surface area contributed by atoms with Crippen molar-refractivity contribution in [3.05, 3.63) is 63.4 Å². The third kappa shape index (κ3) is 3.33. The number of aromatic nitrogens is 1. The van der Waals surface area contributed by atoms with Gasteiger partial charge in [0.25, 0.3) is 0 Å². The molecule has 0 aliphatic heterocycles. The highest BCUT2D eigenvalue weighted by Gasteiger charge is 2.09. The van der Waals surface area contributed by atoms with E-state index in [9.17, 15) is 14.0 Å². The molecule has 1 N–H and O–H groups in total. The van der Waals surface area contributed by atoms with Crippen molar-refractivity contribution in [3.63, 3.8) is 0 Å². The van der Waals surface area contributed by atoms with E-state index >= 15 is 0 Å². The normalized spacial score (nSPS) is 11.0. The molecule has 3 rings (SSSR count). The number of oxazole rings is 1. The summed E-state index contributed by atoms with van der Waals surface area (Å²) >= 11 is 5.68. The zero-order valence-corrected chi connectivity index (χ0v) is 13.6. The van der Waals surface area contributed by atoms with Crippen molar-refractivity contribution < 1.29 is 13.6 Å². The van der Waals surface area contributed by atoms with Gasteiger partial charge in [0.05, 0.1) is 10.5 Å². The van der Waals surface area contributed by atoms with Gasteiger partial charge in [0.1, 0.15) is 5.82 Å². The van der Waals surface area contributed by atoms with E-state index in [1.807, 2.05) is 12.1 Å². The summed E-state index contributed by atoms with van der Waals surface area (Å²) in [6, 6.07) is 9.36. The van der Waals surface area contributed by atoms with Crippen LogP contribution < -0.4 is 11.1 Å². The molecule has 0 saturated carbocycles. The maximum atomic E-state index is 13.1. The van der Waals surface area contributed by atoms with Gasteiger partial charge in [-0.05, 0) is 42.3 Å². The zero-order chi connectivity index (χ0) is 17.3. The Balaban J connectivity index is 1.66. The van der Waals surface area contributed by atoms with Gasteiger partial charge in [0.15, 0.2) is 5.58 Å². The summed E-state index contributed by atoms with van der Waals surface area (Å²) in [6.45, 7) is 0. The minimum Gasteiger partial charge on any atom is -0.408 e. The molecule has 1 amide bonds. The number of amides is 1. The van der Waals surface area contributed by atoms with Crippen molar-refractivity contribution in [2.24, 2.45) is 7.05 Å². The number of hydrogen-bond donors (Lipinski definition) is 1. The van der Waals surface area contributed by atoms with Crippen LogP contribution in [0, 0.1) is 5.82 Å². The molecule has 1 heterocycles. The third-order valence-electron chi connectivity index (χ3n) is 3.70. The molecular formula is C17H14ClFN2O3. The molecule has 0 bridgehead atoms. The van der Waals surface area contributed by atoms with E-state index in [0.717, 1.165) is 5.56 Å². The summed E-state index contributed by atoms with van der Waals surface area (Å²) in [6.07, 6.45) is 0.738. The average Bonchev–Trinajstić information content (AvgIpc) is 2.84. The van der Waals surface area contributed by atoms with Crippen molar-refractivity contribution in [1.29, 1.82) is 0 Å². The quantitative estimate of drug-likeness (QED) is 0.785. The highest BCUT2D eigenvalue weighted by Crippen LogP contribution is 2.20. The van der Waals surface area contributed by atoms with Crippen LogP contribution in [0.25, 0.3) is 11.1 Å². The Morgan fingerprint density at radius 2 is 2.08 bits per heavy atom. The molecule has 0 fully saturated rings. The number of nitrogens with one attached hydrogen (secondary N) is 1. The SMILES string of the molecule is Cn1c(=O)oc2ccc(CCC(=O)Nc3ccc(F)c(Cl)c3)cc21. The summed E-state index contributed by atoms with van der Waals surface area (Å²) in [5.41, 5.74) is 2.55. The van der Waals surface area contributed by atoms with Gasteiger partial charge in [-0.25, -0.2) is 9.18 Å². The molecule has 0 unspecified atom stereocenters. The topological polar surface area (TPSA) is 64.2 Å². The fraction of sp³-hybridized carbons (Fsp3) is 0.176. The smallest absolute Gasteiger partial charge is 0.408 e. The lowest BCUT2D eigenvalue weighted by Crippen LogP contribution is -2.12. The Morgan fingerprint density at radius 1 is 1.29 bits per heavy atom. The number of carbonyl (C=O) groups is 1. The van der Waals surface area contributed by atoms with Gasteiger partial charge < -0.3 is 9.73 Å². The van der Waals surface area contributed by atoms with Crippen LogP contribution in [0.4, 0.5) is 10.1 Å². The van der Waals surface area contributed by atoms with Crippen molar-refractivity contribution >= 4 is 34.3 Å². The Kier molecular flexibility index (Phi) is 4.40. The fourth-order valence-corrected chi connectivity index (χ4v) is 2.56. The molecule has 0 atom stereocenters. The van der Waals surface area contributed by atoms with Gasteiger partial charge in [0, 0.05) is 19.2 Å². The average molecular weight is 349 g/mol. The van der Waals surface area contributed by atoms with Crippen LogP contribution in [0.2, 0.25) is 5.02 Å². The van der Waals surface area contributed by atoms with Crippen LogP contribution in [0.1, 0.15) is 12.0 Å². The van der Waals surface area contributed by atoms with Crippen molar-refractivity contribution in [2.75, 3.05) is 5.32 Å². The predicted octanol–water partition coefficient (Wildman–Crippen LogP) is 3.50. The first kappa shape index (κ1) is 16.3. The lowest BCUT2D eigenvalue weighted by Gasteiger charge is -2.06. The van der Waals surface area contributed by atoms with Crippen molar-refractivity contribution in [3.8, 4) is 0 Å². The molecule has 0 saturated heterocycles. The largest absolute Gasteiger partial charge is 0.419 e. The summed E-state index contributed by atoms with van der Waals surface area (Å²) < 4.78 is 19.6. The van der Waals surface area contributed by atoms with Gasteiger partial charge in [-0.3, -0.25) is 9.36 Å². The second kappa shape index (κ2) is 6.49. The number of nitrogens with zero attached hydrogens (tertiary/aromatic N) is 1. The highest BCUT2D eigenvalue weighted by atomic mass is 35.5. The minimum atomic E-state index is -0.534. The Bertz CT molecular complexity index is 978. The number of hydrogen-bond acceptors (Lipinski definition) is 3. The zero-order valence-electron chi connectivity index (χ0n) is 12.8. The molecule has 0 spiro atoms. The number of anilines is 1. The lowest BCUT2D eigenvalue weighted by molar-refractivity contribution is -0.116. The van der Waals surface area contributed by atoms with Crippen molar-refractivity contribution in [2.45, 2.75) is 12.8 Å². The maximum Gasteiger partial charge on any atom is 0.419 e. The summed E-state index contributed by atoms with van der Waals surface area (Å²) in [5.74, 6) is -1.17. The predicted molar refractivity (Wildman–Crippen MR) is 89.8 cm³/mol. The van der Waals surface area contributed by atoms with Crippen LogP contribution in [-0.4, -0.2) is 10.5 Å². The van der Waals surface area contributed by atoms with E-state index < -0.39 is 11.6 Å². The van der Waals surface area contributed by atoms with Crippen LogP contribution in [0.5, 0.6) is 0 Å². The van der Waals surface area contributed by atoms with E-state index in [1.54, 1.807) is 13.1 Å². The van der Waals surface area contributed by atoms with Gasteiger partial charge in [0.2, 0.25) is 5.91 Å². The molecule has 124 valence electrons. The molecule has 24 heavy (non-hydrogen) atoms. The van der Waals surface area contributed by atoms with Crippen LogP contribution in [-0.2, 0) is 18.3 Å². The molecule has 3 aromatic rings. The van der Waals surface area contributed by atoms with Crippen LogP contribution in [0.3, 0.4) is 0 Å². The number of aryl methyl sites for hydroxylation is 2. The molecule has 5 nitrogen and oxygen atoms in total.